The van der Waals surface area contributed by atoms with Crippen molar-refractivity contribution >= 4 is 27.3 Å². The van der Waals surface area contributed by atoms with Gasteiger partial charge in [0, 0.05) is 37.1 Å². The van der Waals surface area contributed by atoms with Crippen molar-refractivity contribution in [2.75, 3.05) is 32.8 Å². The minimum absolute atomic E-state index is 0.166. The summed E-state index contributed by atoms with van der Waals surface area (Å²) in [5, 5.41) is 2.59. The van der Waals surface area contributed by atoms with Crippen LogP contribution in [0, 0.1) is 13.8 Å². The second-order valence-corrected chi connectivity index (χ2v) is 10.8. The van der Waals surface area contributed by atoms with Crippen LogP contribution >= 0.6 is 11.3 Å². The quantitative estimate of drug-likeness (QED) is 0.528. The zero-order chi connectivity index (χ0) is 23.6. The molecule has 3 aromatic rings. The van der Waals surface area contributed by atoms with Gasteiger partial charge in [-0.25, -0.2) is 13.4 Å². The molecular weight excluding hydrogens is 458 g/mol. The number of carbonyl (C=O) groups is 1. The Morgan fingerprint density at radius 1 is 1.06 bits per heavy atom. The summed E-state index contributed by atoms with van der Waals surface area (Å²) < 4.78 is 32.8. The SMILES string of the molecule is CCOc1ccc(S(=O)(=O)N2CCN(C(=O)c3csc(-c4ccc(C)cc4C)n3)CC2)cc1. The van der Waals surface area contributed by atoms with Crippen LogP contribution in [0.15, 0.2) is 52.7 Å². The molecule has 0 N–H and O–H groups in total. The van der Waals surface area contributed by atoms with Crippen LogP contribution in [0.2, 0.25) is 0 Å². The minimum atomic E-state index is -3.62. The van der Waals surface area contributed by atoms with Crippen molar-refractivity contribution in [2.24, 2.45) is 0 Å². The second-order valence-electron chi connectivity index (χ2n) is 7.96. The normalized spacial score (nSPS) is 14.9. The zero-order valence-electron chi connectivity index (χ0n) is 18.9. The molecule has 174 valence electrons. The second kappa shape index (κ2) is 9.62. The van der Waals surface area contributed by atoms with Gasteiger partial charge in [-0.2, -0.15) is 4.31 Å². The van der Waals surface area contributed by atoms with E-state index >= 15 is 0 Å². The summed E-state index contributed by atoms with van der Waals surface area (Å²) >= 11 is 1.45. The number of amides is 1. The minimum Gasteiger partial charge on any atom is -0.494 e. The Labute approximate surface area is 198 Å². The maximum absolute atomic E-state index is 13.0. The van der Waals surface area contributed by atoms with Crippen molar-refractivity contribution in [3.05, 3.63) is 64.7 Å². The maximum atomic E-state index is 13.0. The van der Waals surface area contributed by atoms with E-state index in [1.807, 2.05) is 32.9 Å². The number of benzene rings is 2. The number of ether oxygens (including phenoxy) is 1. The molecule has 1 fully saturated rings. The summed E-state index contributed by atoms with van der Waals surface area (Å²) in [7, 11) is -3.62. The molecule has 0 bridgehead atoms. The summed E-state index contributed by atoms with van der Waals surface area (Å²) in [6.07, 6.45) is 0. The lowest BCUT2D eigenvalue weighted by Crippen LogP contribution is -2.50. The molecule has 1 amide bonds. The Kier molecular flexibility index (Phi) is 6.83. The Balaban J connectivity index is 1.41. The van der Waals surface area contributed by atoms with E-state index in [9.17, 15) is 13.2 Å². The van der Waals surface area contributed by atoms with Crippen LogP contribution in [0.3, 0.4) is 0 Å². The summed E-state index contributed by atoms with van der Waals surface area (Å²) in [5.41, 5.74) is 3.73. The first-order valence-electron chi connectivity index (χ1n) is 10.8. The van der Waals surface area contributed by atoms with Gasteiger partial charge in [0.1, 0.15) is 16.5 Å². The molecule has 7 nitrogen and oxygen atoms in total. The van der Waals surface area contributed by atoms with Crippen LogP contribution in [0.4, 0.5) is 0 Å². The highest BCUT2D eigenvalue weighted by Crippen LogP contribution is 2.28. The highest BCUT2D eigenvalue weighted by Gasteiger charge is 2.31. The highest BCUT2D eigenvalue weighted by atomic mass is 32.2. The monoisotopic (exact) mass is 485 g/mol. The first-order chi connectivity index (χ1) is 15.8. The van der Waals surface area contributed by atoms with Gasteiger partial charge in [0.2, 0.25) is 10.0 Å². The molecule has 2 aromatic carbocycles. The molecule has 9 heteroatoms. The number of hydrogen-bond acceptors (Lipinski definition) is 6. The van der Waals surface area contributed by atoms with E-state index in [1.165, 1.54) is 21.2 Å². The first-order valence-corrected chi connectivity index (χ1v) is 13.2. The third kappa shape index (κ3) is 4.95. The van der Waals surface area contributed by atoms with E-state index < -0.39 is 10.0 Å². The van der Waals surface area contributed by atoms with Crippen molar-refractivity contribution in [2.45, 2.75) is 25.7 Å². The lowest BCUT2D eigenvalue weighted by Gasteiger charge is -2.33. The van der Waals surface area contributed by atoms with Crippen LogP contribution in [-0.4, -0.2) is 61.3 Å². The molecule has 0 radical (unpaired) electrons. The van der Waals surface area contributed by atoms with Crippen LogP contribution in [-0.2, 0) is 10.0 Å². The Morgan fingerprint density at radius 3 is 2.39 bits per heavy atom. The fourth-order valence-corrected chi connectivity index (χ4v) is 6.17. The molecule has 1 aliphatic heterocycles. The van der Waals surface area contributed by atoms with Gasteiger partial charge in [-0.15, -0.1) is 11.3 Å². The smallest absolute Gasteiger partial charge is 0.273 e. The molecule has 0 aliphatic carbocycles. The number of aromatic nitrogens is 1. The average molecular weight is 486 g/mol. The number of rotatable bonds is 6. The van der Waals surface area contributed by atoms with Gasteiger partial charge >= 0.3 is 0 Å². The van der Waals surface area contributed by atoms with E-state index in [1.54, 1.807) is 34.5 Å². The van der Waals surface area contributed by atoms with E-state index in [0.29, 0.717) is 31.1 Å². The summed E-state index contributed by atoms with van der Waals surface area (Å²) in [6.45, 7) is 7.62. The number of sulfonamides is 1. The van der Waals surface area contributed by atoms with Crippen molar-refractivity contribution in [1.82, 2.24) is 14.2 Å². The van der Waals surface area contributed by atoms with E-state index in [0.717, 1.165) is 16.1 Å². The molecule has 0 saturated carbocycles. The third-order valence-corrected chi connectivity index (χ3v) is 8.42. The van der Waals surface area contributed by atoms with Gasteiger partial charge in [-0.1, -0.05) is 23.8 Å². The number of aryl methyl sites for hydroxylation is 2. The van der Waals surface area contributed by atoms with Crippen molar-refractivity contribution < 1.29 is 17.9 Å². The Hall–Kier alpha value is -2.75. The molecule has 4 rings (SSSR count). The van der Waals surface area contributed by atoms with Gasteiger partial charge in [-0.3, -0.25) is 4.79 Å². The van der Waals surface area contributed by atoms with Crippen LogP contribution < -0.4 is 4.74 Å². The van der Waals surface area contributed by atoms with Gasteiger partial charge in [-0.05, 0) is 50.6 Å². The zero-order valence-corrected chi connectivity index (χ0v) is 20.6. The average Bonchev–Trinajstić information content (AvgIpc) is 3.29. The molecule has 2 heterocycles. The molecular formula is C24H27N3O4S2. The number of piperazine rings is 1. The van der Waals surface area contributed by atoms with Gasteiger partial charge in [0.25, 0.3) is 5.91 Å². The van der Waals surface area contributed by atoms with Gasteiger partial charge < -0.3 is 9.64 Å². The molecule has 1 aromatic heterocycles. The number of carbonyl (C=O) groups excluding carboxylic acids is 1. The van der Waals surface area contributed by atoms with E-state index in [4.69, 9.17) is 4.74 Å². The fraction of sp³-hybridized carbons (Fsp3) is 0.333. The first kappa shape index (κ1) is 23.4. The fourth-order valence-electron chi connectivity index (χ4n) is 3.87. The van der Waals surface area contributed by atoms with Gasteiger partial charge in [0.05, 0.1) is 11.5 Å². The lowest BCUT2D eigenvalue weighted by molar-refractivity contribution is 0.0693. The number of thiazole rings is 1. The summed E-state index contributed by atoms with van der Waals surface area (Å²) in [5.74, 6) is 0.468. The maximum Gasteiger partial charge on any atom is 0.273 e. The molecule has 1 aliphatic rings. The van der Waals surface area contributed by atoms with E-state index in [2.05, 4.69) is 11.1 Å². The van der Waals surface area contributed by atoms with Crippen molar-refractivity contribution in [3.8, 4) is 16.3 Å². The third-order valence-electron chi connectivity index (χ3n) is 5.63. The molecule has 1 saturated heterocycles. The van der Waals surface area contributed by atoms with Crippen LogP contribution in [0.1, 0.15) is 28.5 Å². The highest BCUT2D eigenvalue weighted by molar-refractivity contribution is 7.89. The largest absolute Gasteiger partial charge is 0.494 e. The standard InChI is InChI=1S/C24H27N3O4S2/c1-4-31-19-6-8-20(9-7-19)33(29,30)27-13-11-26(12-14-27)24(28)22-16-32-23(25-22)21-10-5-17(2)15-18(21)3/h5-10,15-16H,4,11-14H2,1-3H3. The topological polar surface area (TPSA) is 79.8 Å². The Morgan fingerprint density at radius 2 is 1.76 bits per heavy atom. The van der Waals surface area contributed by atoms with Crippen molar-refractivity contribution in [1.29, 1.82) is 0 Å². The summed E-state index contributed by atoms with van der Waals surface area (Å²) in [6, 6.07) is 12.6. The number of nitrogens with zero attached hydrogens (tertiary/aromatic N) is 3. The Bertz CT molecular complexity index is 1240. The van der Waals surface area contributed by atoms with Crippen LogP contribution in [0.25, 0.3) is 10.6 Å². The van der Waals surface area contributed by atoms with Crippen LogP contribution in [0.5, 0.6) is 5.75 Å². The molecule has 0 spiro atoms. The lowest BCUT2D eigenvalue weighted by atomic mass is 10.1. The summed E-state index contributed by atoms with van der Waals surface area (Å²) in [4.78, 5) is 19.5. The van der Waals surface area contributed by atoms with Gasteiger partial charge in [0.15, 0.2) is 0 Å². The predicted octanol–water partition coefficient (Wildman–Crippen LogP) is 3.97. The molecule has 0 atom stereocenters. The predicted molar refractivity (Wildman–Crippen MR) is 129 cm³/mol. The van der Waals surface area contributed by atoms with E-state index in [-0.39, 0.29) is 23.9 Å². The number of hydrogen-bond donors (Lipinski definition) is 0. The molecule has 0 unspecified atom stereocenters. The van der Waals surface area contributed by atoms with Crippen molar-refractivity contribution in [3.63, 3.8) is 0 Å². The molecule has 33 heavy (non-hydrogen) atoms.